The number of fused-ring (bicyclic) bond motifs is 1. The van der Waals surface area contributed by atoms with Crippen molar-refractivity contribution in [2.75, 3.05) is 31.6 Å². The maximum absolute atomic E-state index is 14.1. The molecule has 2 heterocycles. The summed E-state index contributed by atoms with van der Waals surface area (Å²) in [7, 11) is 1.41. The topological polar surface area (TPSA) is 41.5 Å². The Kier molecular flexibility index (Phi) is 4.42. The van der Waals surface area contributed by atoms with E-state index >= 15 is 0 Å². The zero-order chi connectivity index (χ0) is 19.4. The molecule has 1 saturated heterocycles. The first-order valence-corrected chi connectivity index (χ1v) is 9.17. The van der Waals surface area contributed by atoms with Gasteiger partial charge in [-0.1, -0.05) is 12.8 Å². The first-order valence-electron chi connectivity index (χ1n) is 8.77. The lowest BCUT2D eigenvalue weighted by Crippen LogP contribution is -2.66. The fraction of sp³-hybridized carbons (Fsp3) is 0.556. The number of aromatic nitrogens is 2. The Labute approximate surface area is 161 Å². The minimum absolute atomic E-state index is 0.0651. The van der Waals surface area contributed by atoms with Crippen LogP contribution in [0.4, 0.5) is 18.9 Å². The molecule has 4 rings (SSSR count). The van der Waals surface area contributed by atoms with E-state index in [-0.39, 0.29) is 23.8 Å². The minimum atomic E-state index is -2.75. The number of thiol groups is 1. The molecule has 9 heteroatoms. The second-order valence-electron chi connectivity index (χ2n) is 7.82. The van der Waals surface area contributed by atoms with Gasteiger partial charge in [0, 0.05) is 42.9 Å². The lowest BCUT2D eigenvalue weighted by Gasteiger charge is -2.61. The molecule has 27 heavy (non-hydrogen) atoms. The predicted octanol–water partition coefficient (Wildman–Crippen LogP) is 3.55. The number of rotatable bonds is 5. The number of nitrogens with zero attached hydrogens (tertiary/aromatic N) is 4. The maximum atomic E-state index is 14.1. The van der Waals surface area contributed by atoms with Crippen LogP contribution in [-0.4, -0.2) is 53.2 Å². The molecule has 1 aromatic heterocycles. The van der Waals surface area contributed by atoms with Gasteiger partial charge in [0.05, 0.1) is 31.1 Å². The lowest BCUT2D eigenvalue weighted by molar-refractivity contribution is -0.0370. The van der Waals surface area contributed by atoms with Crippen molar-refractivity contribution in [1.82, 2.24) is 14.5 Å². The van der Waals surface area contributed by atoms with Crippen molar-refractivity contribution in [3.05, 3.63) is 24.1 Å². The van der Waals surface area contributed by atoms with E-state index in [0.29, 0.717) is 10.9 Å². The van der Waals surface area contributed by atoms with E-state index in [1.807, 2.05) is 0 Å². The van der Waals surface area contributed by atoms with Gasteiger partial charge in [0.15, 0.2) is 11.6 Å². The van der Waals surface area contributed by atoms with Crippen LogP contribution in [0.5, 0.6) is 5.75 Å². The van der Waals surface area contributed by atoms with Crippen molar-refractivity contribution in [2.45, 2.75) is 31.7 Å². The molecule has 0 unspecified atom stereocenters. The first kappa shape index (κ1) is 18.6. The van der Waals surface area contributed by atoms with Crippen LogP contribution in [0.25, 0.3) is 10.9 Å². The Morgan fingerprint density at radius 3 is 2.70 bits per heavy atom. The Balaban J connectivity index is 1.44. The van der Waals surface area contributed by atoms with Crippen LogP contribution >= 0.6 is 12.8 Å². The van der Waals surface area contributed by atoms with Gasteiger partial charge in [-0.05, 0) is 18.9 Å². The van der Waals surface area contributed by atoms with Gasteiger partial charge in [0.1, 0.15) is 0 Å². The molecule has 0 bridgehead atoms. The molecule has 1 aromatic carbocycles. The number of ether oxygens (including phenoxy) is 1. The van der Waals surface area contributed by atoms with Crippen LogP contribution in [0.15, 0.2) is 18.3 Å². The number of alkyl halides is 2. The fourth-order valence-electron chi connectivity index (χ4n) is 4.21. The summed E-state index contributed by atoms with van der Waals surface area (Å²) in [6.07, 6.45) is 3.31. The van der Waals surface area contributed by atoms with Crippen molar-refractivity contribution in [3.63, 3.8) is 0 Å². The van der Waals surface area contributed by atoms with Gasteiger partial charge in [-0.15, -0.1) is 0 Å². The summed E-state index contributed by atoms with van der Waals surface area (Å²) in [5, 5.41) is 8.77. The summed E-state index contributed by atoms with van der Waals surface area (Å²) >= 11 is 4.23. The molecule has 1 aliphatic heterocycles. The van der Waals surface area contributed by atoms with E-state index in [1.54, 1.807) is 12.3 Å². The average molecular weight is 398 g/mol. The van der Waals surface area contributed by atoms with Gasteiger partial charge in [0.25, 0.3) is 5.92 Å². The normalized spacial score (nSPS) is 19.4. The molecule has 2 aliphatic rings. The zero-order valence-corrected chi connectivity index (χ0v) is 16.0. The van der Waals surface area contributed by atoms with E-state index in [0.717, 1.165) is 38.5 Å². The second-order valence-corrected chi connectivity index (χ2v) is 8.33. The molecule has 1 aliphatic carbocycles. The molecule has 2 aromatic rings. The quantitative estimate of drug-likeness (QED) is 0.781. The highest BCUT2D eigenvalue weighted by molar-refractivity contribution is 7.77. The Bertz CT molecular complexity index is 862. The van der Waals surface area contributed by atoms with Gasteiger partial charge in [-0.3, -0.25) is 0 Å². The van der Waals surface area contributed by atoms with Gasteiger partial charge in [0.2, 0.25) is 0 Å². The average Bonchev–Trinajstić information content (AvgIpc) is 2.50. The number of halogens is 3. The summed E-state index contributed by atoms with van der Waals surface area (Å²) in [5.74, 6) is -3.05. The molecule has 146 valence electrons. The van der Waals surface area contributed by atoms with Crippen LogP contribution in [0, 0.1) is 11.2 Å². The van der Waals surface area contributed by atoms with Crippen molar-refractivity contribution in [2.24, 2.45) is 5.41 Å². The Morgan fingerprint density at radius 1 is 1.37 bits per heavy atom. The van der Waals surface area contributed by atoms with Crippen molar-refractivity contribution >= 4 is 29.4 Å². The number of methoxy groups -OCH3 is 1. The van der Waals surface area contributed by atoms with Crippen LogP contribution in [0.1, 0.15) is 19.8 Å². The smallest absolute Gasteiger partial charge is 0.258 e. The summed E-state index contributed by atoms with van der Waals surface area (Å²) in [6.45, 7) is 2.15. The van der Waals surface area contributed by atoms with E-state index in [4.69, 9.17) is 4.74 Å². The summed E-state index contributed by atoms with van der Waals surface area (Å²) < 4.78 is 46.9. The fourth-order valence-corrected chi connectivity index (χ4v) is 4.62. The van der Waals surface area contributed by atoms with Crippen LogP contribution in [0.3, 0.4) is 0 Å². The number of benzene rings is 1. The second kappa shape index (κ2) is 6.41. The van der Waals surface area contributed by atoms with Gasteiger partial charge < -0.3 is 9.64 Å². The Hall–Kier alpha value is -1.74. The number of anilines is 1. The van der Waals surface area contributed by atoms with Gasteiger partial charge in [-0.25, -0.2) is 17.5 Å². The van der Waals surface area contributed by atoms with Crippen LogP contribution < -0.4 is 9.64 Å². The molecular weight excluding hydrogens is 377 g/mol. The minimum Gasteiger partial charge on any atom is -0.494 e. The Morgan fingerprint density at radius 2 is 2.07 bits per heavy atom. The third-order valence-corrected chi connectivity index (χ3v) is 5.95. The standard InChI is InChI=1S/C18H21F3N4OS/c1-17(20,21)8-25(27)11-5-18(6-11)9-24(10-18)15-7-22-23-14-4-16(26-2)13(19)3-12(14)15/h3-4,7,11,27H,5-6,8-10H2,1-2H3. The van der Waals surface area contributed by atoms with E-state index in [2.05, 4.69) is 27.9 Å². The van der Waals surface area contributed by atoms with Crippen LogP contribution in [0.2, 0.25) is 0 Å². The summed E-state index contributed by atoms with van der Waals surface area (Å²) in [4.78, 5) is 2.14. The number of hydrogen-bond acceptors (Lipinski definition) is 6. The van der Waals surface area contributed by atoms with Crippen molar-refractivity contribution < 1.29 is 17.9 Å². The molecule has 2 fully saturated rings. The lowest BCUT2D eigenvalue weighted by atomic mass is 9.60. The zero-order valence-electron chi connectivity index (χ0n) is 15.1. The monoisotopic (exact) mass is 398 g/mol. The molecule has 1 spiro atoms. The van der Waals surface area contributed by atoms with Crippen molar-refractivity contribution in [1.29, 1.82) is 0 Å². The highest BCUT2D eigenvalue weighted by atomic mass is 32.1. The molecule has 5 nitrogen and oxygen atoms in total. The molecule has 0 radical (unpaired) electrons. The third kappa shape index (κ3) is 3.42. The highest BCUT2D eigenvalue weighted by Gasteiger charge is 2.54. The SMILES string of the molecule is COc1cc2nncc(N3CC4(CC(N(S)CC(C)(F)F)C4)C3)c2cc1F. The molecule has 0 N–H and O–H groups in total. The predicted molar refractivity (Wildman–Crippen MR) is 100 cm³/mol. The van der Waals surface area contributed by atoms with Gasteiger partial charge in [-0.2, -0.15) is 10.2 Å². The van der Waals surface area contributed by atoms with Gasteiger partial charge >= 0.3 is 0 Å². The third-order valence-electron chi connectivity index (χ3n) is 5.48. The number of hydrogen-bond donors (Lipinski definition) is 1. The largest absolute Gasteiger partial charge is 0.494 e. The highest BCUT2D eigenvalue weighted by Crippen LogP contribution is 2.52. The van der Waals surface area contributed by atoms with E-state index < -0.39 is 11.7 Å². The van der Waals surface area contributed by atoms with E-state index in [1.165, 1.54) is 17.5 Å². The maximum Gasteiger partial charge on any atom is 0.258 e. The summed E-state index contributed by atoms with van der Waals surface area (Å²) in [5.41, 5.74) is 1.53. The van der Waals surface area contributed by atoms with Crippen molar-refractivity contribution in [3.8, 4) is 5.75 Å². The molecule has 0 amide bonds. The van der Waals surface area contributed by atoms with Crippen LogP contribution in [-0.2, 0) is 0 Å². The molecule has 0 atom stereocenters. The first-order chi connectivity index (χ1) is 12.7. The molecule has 1 saturated carbocycles. The molecular formula is C18H21F3N4OS. The summed E-state index contributed by atoms with van der Waals surface area (Å²) in [6, 6.07) is 3.03. The van der Waals surface area contributed by atoms with E-state index in [9.17, 15) is 13.2 Å².